The molecule has 0 aliphatic carbocycles. The van der Waals surface area contributed by atoms with Crippen LogP contribution in [-0.2, 0) is 10.0 Å². The first-order valence-corrected chi connectivity index (χ1v) is 9.20. The molecule has 0 saturated carbocycles. The molecule has 1 aromatic heterocycles. The number of hydrogen-bond acceptors (Lipinski definition) is 5. The average Bonchev–Trinajstić information content (AvgIpc) is 3.15. The highest BCUT2D eigenvalue weighted by molar-refractivity contribution is 7.89. The SMILES string of the molecule is O=C(NCC1CCN(S(=O)(=O)c2ccccc2)CC1)c1cn[nH]n1. The van der Waals surface area contributed by atoms with Gasteiger partial charge in [0.2, 0.25) is 10.0 Å². The first-order valence-electron chi connectivity index (χ1n) is 7.76. The smallest absolute Gasteiger partial charge is 0.273 e. The molecule has 0 atom stereocenters. The van der Waals surface area contributed by atoms with E-state index in [4.69, 9.17) is 0 Å². The summed E-state index contributed by atoms with van der Waals surface area (Å²) in [6.07, 6.45) is 2.79. The third kappa shape index (κ3) is 3.62. The average molecular weight is 349 g/mol. The third-order valence-electron chi connectivity index (χ3n) is 4.15. The van der Waals surface area contributed by atoms with Crippen molar-refractivity contribution in [3.05, 3.63) is 42.2 Å². The number of carbonyl (C=O) groups is 1. The van der Waals surface area contributed by atoms with Gasteiger partial charge in [0, 0.05) is 19.6 Å². The van der Waals surface area contributed by atoms with Crippen LogP contribution in [0.25, 0.3) is 0 Å². The van der Waals surface area contributed by atoms with Crippen molar-refractivity contribution in [3.8, 4) is 0 Å². The molecule has 0 radical (unpaired) electrons. The minimum absolute atomic E-state index is 0.249. The van der Waals surface area contributed by atoms with Crippen molar-refractivity contribution in [1.82, 2.24) is 25.0 Å². The molecule has 8 nitrogen and oxygen atoms in total. The third-order valence-corrected chi connectivity index (χ3v) is 6.07. The van der Waals surface area contributed by atoms with E-state index in [-0.39, 0.29) is 17.5 Å². The van der Waals surface area contributed by atoms with Crippen LogP contribution in [0.5, 0.6) is 0 Å². The molecule has 0 spiro atoms. The quantitative estimate of drug-likeness (QED) is 0.823. The first-order chi connectivity index (χ1) is 11.6. The number of piperidine rings is 1. The topological polar surface area (TPSA) is 108 Å². The highest BCUT2D eigenvalue weighted by Crippen LogP contribution is 2.23. The summed E-state index contributed by atoms with van der Waals surface area (Å²) in [6, 6.07) is 8.46. The van der Waals surface area contributed by atoms with Crippen molar-refractivity contribution < 1.29 is 13.2 Å². The summed E-state index contributed by atoms with van der Waals surface area (Å²) in [5, 5.41) is 12.5. The number of aromatic nitrogens is 3. The van der Waals surface area contributed by atoms with E-state index in [2.05, 4.69) is 20.7 Å². The van der Waals surface area contributed by atoms with Crippen LogP contribution in [0.1, 0.15) is 23.3 Å². The lowest BCUT2D eigenvalue weighted by Crippen LogP contribution is -2.41. The number of H-pyrrole nitrogens is 1. The van der Waals surface area contributed by atoms with Gasteiger partial charge in [-0.2, -0.15) is 19.7 Å². The Morgan fingerprint density at radius 3 is 2.58 bits per heavy atom. The summed E-state index contributed by atoms with van der Waals surface area (Å²) in [6.45, 7) is 1.42. The van der Waals surface area contributed by atoms with Gasteiger partial charge in [0.05, 0.1) is 11.1 Å². The number of sulfonamides is 1. The number of nitrogens with one attached hydrogen (secondary N) is 2. The fourth-order valence-corrected chi connectivity index (χ4v) is 4.22. The van der Waals surface area contributed by atoms with E-state index in [0.717, 1.165) is 0 Å². The molecule has 1 amide bonds. The first kappa shape index (κ1) is 16.6. The largest absolute Gasteiger partial charge is 0.350 e. The predicted octanol–water partition coefficient (Wildman–Crippen LogP) is 0.635. The van der Waals surface area contributed by atoms with Crippen LogP contribution in [0.4, 0.5) is 0 Å². The summed E-state index contributed by atoms with van der Waals surface area (Å²) in [7, 11) is -3.43. The van der Waals surface area contributed by atoms with Crippen LogP contribution in [0.15, 0.2) is 41.4 Å². The van der Waals surface area contributed by atoms with Gasteiger partial charge in [0.1, 0.15) is 0 Å². The fraction of sp³-hybridized carbons (Fsp3) is 0.400. The molecular weight excluding hydrogens is 330 g/mol. The van der Waals surface area contributed by atoms with Crippen molar-refractivity contribution in [2.45, 2.75) is 17.7 Å². The highest BCUT2D eigenvalue weighted by Gasteiger charge is 2.29. The maximum absolute atomic E-state index is 12.6. The maximum atomic E-state index is 12.6. The summed E-state index contributed by atoms with van der Waals surface area (Å²) < 4.78 is 26.6. The Kier molecular flexibility index (Phi) is 4.91. The summed E-state index contributed by atoms with van der Waals surface area (Å²) >= 11 is 0. The van der Waals surface area contributed by atoms with Crippen LogP contribution < -0.4 is 5.32 Å². The Morgan fingerprint density at radius 2 is 1.96 bits per heavy atom. The number of amides is 1. The zero-order chi connectivity index (χ0) is 17.0. The summed E-state index contributed by atoms with van der Waals surface area (Å²) in [5.41, 5.74) is 0.249. The summed E-state index contributed by atoms with van der Waals surface area (Å²) in [4.78, 5) is 12.1. The van der Waals surface area contributed by atoms with E-state index in [1.165, 1.54) is 10.5 Å². The van der Waals surface area contributed by atoms with Gasteiger partial charge < -0.3 is 5.32 Å². The van der Waals surface area contributed by atoms with Gasteiger partial charge in [0.25, 0.3) is 5.91 Å². The van der Waals surface area contributed by atoms with Gasteiger partial charge in [-0.1, -0.05) is 18.2 Å². The number of rotatable bonds is 5. The van der Waals surface area contributed by atoms with E-state index in [0.29, 0.717) is 37.4 Å². The van der Waals surface area contributed by atoms with Crippen molar-refractivity contribution in [2.75, 3.05) is 19.6 Å². The van der Waals surface area contributed by atoms with Gasteiger partial charge in [-0.15, -0.1) is 0 Å². The molecule has 24 heavy (non-hydrogen) atoms. The van der Waals surface area contributed by atoms with E-state index in [1.54, 1.807) is 30.3 Å². The Hall–Kier alpha value is -2.26. The fourth-order valence-electron chi connectivity index (χ4n) is 2.73. The molecule has 128 valence electrons. The van der Waals surface area contributed by atoms with Crippen LogP contribution in [0, 0.1) is 5.92 Å². The molecule has 9 heteroatoms. The molecule has 1 aliphatic rings. The number of aromatic amines is 1. The van der Waals surface area contributed by atoms with Gasteiger partial charge >= 0.3 is 0 Å². The van der Waals surface area contributed by atoms with E-state index in [9.17, 15) is 13.2 Å². The van der Waals surface area contributed by atoms with Crippen molar-refractivity contribution in [2.24, 2.45) is 5.92 Å². The highest BCUT2D eigenvalue weighted by atomic mass is 32.2. The van der Waals surface area contributed by atoms with Gasteiger partial charge in [-0.05, 0) is 30.9 Å². The zero-order valence-electron chi connectivity index (χ0n) is 13.1. The molecular formula is C15H19N5O3S. The second-order valence-corrected chi connectivity index (χ2v) is 7.66. The Labute approximate surface area is 140 Å². The number of benzene rings is 1. The van der Waals surface area contributed by atoms with Crippen LogP contribution in [0.3, 0.4) is 0 Å². The Bertz CT molecular complexity index is 769. The molecule has 2 N–H and O–H groups in total. The number of hydrogen-bond donors (Lipinski definition) is 2. The van der Waals surface area contributed by atoms with Crippen LogP contribution in [0.2, 0.25) is 0 Å². The Morgan fingerprint density at radius 1 is 1.25 bits per heavy atom. The second kappa shape index (κ2) is 7.10. The molecule has 0 bridgehead atoms. The number of carbonyl (C=O) groups excluding carboxylic acids is 1. The molecule has 1 fully saturated rings. The lowest BCUT2D eigenvalue weighted by atomic mass is 9.98. The van der Waals surface area contributed by atoms with Crippen LogP contribution >= 0.6 is 0 Å². The molecule has 0 unspecified atom stereocenters. The van der Waals surface area contributed by atoms with E-state index >= 15 is 0 Å². The van der Waals surface area contributed by atoms with Crippen molar-refractivity contribution >= 4 is 15.9 Å². The molecule has 2 heterocycles. The van der Waals surface area contributed by atoms with Gasteiger partial charge in [0.15, 0.2) is 5.69 Å². The second-order valence-electron chi connectivity index (χ2n) is 5.73. The molecule has 2 aromatic rings. The van der Waals surface area contributed by atoms with Crippen molar-refractivity contribution in [3.63, 3.8) is 0 Å². The minimum atomic E-state index is -3.43. The maximum Gasteiger partial charge on any atom is 0.273 e. The normalized spacial score (nSPS) is 16.8. The lowest BCUT2D eigenvalue weighted by Gasteiger charge is -2.31. The number of nitrogens with zero attached hydrogens (tertiary/aromatic N) is 3. The molecule has 1 aliphatic heterocycles. The van der Waals surface area contributed by atoms with Gasteiger partial charge in [-0.3, -0.25) is 4.79 Å². The summed E-state index contributed by atoms with van der Waals surface area (Å²) in [5.74, 6) is -0.0221. The zero-order valence-corrected chi connectivity index (χ0v) is 13.9. The lowest BCUT2D eigenvalue weighted by molar-refractivity contribution is 0.0936. The van der Waals surface area contributed by atoms with Crippen LogP contribution in [-0.4, -0.2) is 53.7 Å². The molecule has 3 rings (SSSR count). The van der Waals surface area contributed by atoms with Gasteiger partial charge in [-0.25, -0.2) is 8.42 Å². The molecule has 1 aromatic carbocycles. The minimum Gasteiger partial charge on any atom is -0.350 e. The predicted molar refractivity (Wildman–Crippen MR) is 86.6 cm³/mol. The molecule has 1 saturated heterocycles. The van der Waals surface area contributed by atoms with E-state index < -0.39 is 10.0 Å². The monoisotopic (exact) mass is 349 g/mol. The Balaban J connectivity index is 1.52. The standard InChI is InChI=1S/C15H19N5O3S/c21-15(14-11-17-19-18-14)16-10-12-6-8-20(9-7-12)24(22,23)13-4-2-1-3-5-13/h1-5,11-12H,6-10H2,(H,16,21)(H,17,18,19). The van der Waals surface area contributed by atoms with E-state index in [1.807, 2.05) is 0 Å². The van der Waals surface area contributed by atoms with Crippen molar-refractivity contribution in [1.29, 1.82) is 0 Å².